The number of hydrogen-bond acceptors (Lipinski definition) is 4. The van der Waals surface area contributed by atoms with Gasteiger partial charge in [-0.3, -0.25) is 4.90 Å². The van der Waals surface area contributed by atoms with Gasteiger partial charge in [0.25, 0.3) is 0 Å². The van der Waals surface area contributed by atoms with Gasteiger partial charge in [-0.25, -0.2) is 9.97 Å². The first-order chi connectivity index (χ1) is 8.13. The molecule has 4 nitrogen and oxygen atoms in total. The molecule has 0 aliphatic carbocycles. The molecule has 17 heavy (non-hydrogen) atoms. The largest absolute Gasteiger partial charge is 0.305 e. The van der Waals surface area contributed by atoms with Crippen molar-refractivity contribution in [3.8, 4) is 0 Å². The van der Waals surface area contributed by atoms with E-state index in [0.717, 1.165) is 37.7 Å². The fourth-order valence-corrected chi connectivity index (χ4v) is 2.37. The minimum Gasteiger partial charge on any atom is -0.305 e. The highest BCUT2D eigenvalue weighted by Gasteiger charge is 2.13. The summed E-state index contributed by atoms with van der Waals surface area (Å²) in [6.45, 7) is 7.22. The van der Waals surface area contributed by atoms with E-state index in [0.29, 0.717) is 5.15 Å². The van der Waals surface area contributed by atoms with Crippen LogP contribution in [0.3, 0.4) is 0 Å². The van der Waals surface area contributed by atoms with E-state index in [1.165, 1.54) is 13.0 Å². The predicted molar refractivity (Wildman–Crippen MR) is 69.2 cm³/mol. The number of aromatic nitrogens is 2. The lowest BCUT2D eigenvalue weighted by molar-refractivity contribution is 0.263. The quantitative estimate of drug-likeness (QED) is 0.750. The Kier molecular flexibility index (Phi) is 4.31. The van der Waals surface area contributed by atoms with Gasteiger partial charge in [-0.05, 0) is 39.5 Å². The van der Waals surface area contributed by atoms with Crippen molar-refractivity contribution in [1.29, 1.82) is 0 Å². The number of aryl methyl sites for hydroxylation is 1. The smallest absolute Gasteiger partial charge is 0.144 e. The minimum absolute atomic E-state index is 0.541. The van der Waals surface area contributed by atoms with Crippen molar-refractivity contribution in [3.63, 3.8) is 0 Å². The van der Waals surface area contributed by atoms with Gasteiger partial charge in [0, 0.05) is 18.8 Å². The molecule has 1 aromatic heterocycles. The third-order valence-corrected chi connectivity index (χ3v) is 3.24. The molecule has 1 aliphatic heterocycles. The summed E-state index contributed by atoms with van der Waals surface area (Å²) < 4.78 is 0. The van der Waals surface area contributed by atoms with Crippen LogP contribution >= 0.6 is 11.6 Å². The Morgan fingerprint density at radius 3 is 2.82 bits per heavy atom. The van der Waals surface area contributed by atoms with E-state index in [-0.39, 0.29) is 0 Å². The summed E-state index contributed by atoms with van der Waals surface area (Å²) >= 11 is 5.95. The van der Waals surface area contributed by atoms with E-state index in [4.69, 9.17) is 11.6 Å². The van der Waals surface area contributed by atoms with Crippen LogP contribution in [-0.4, -0.2) is 53.0 Å². The van der Waals surface area contributed by atoms with Crippen LogP contribution in [0, 0.1) is 6.92 Å². The summed E-state index contributed by atoms with van der Waals surface area (Å²) in [5, 5.41) is 0.541. The lowest BCUT2D eigenvalue weighted by atomic mass is 10.3. The molecule has 0 bridgehead atoms. The normalized spacial score (nSPS) is 19.2. The zero-order chi connectivity index (χ0) is 12.3. The number of rotatable bonds is 2. The Morgan fingerprint density at radius 1 is 1.24 bits per heavy atom. The summed E-state index contributed by atoms with van der Waals surface area (Å²) in [6.07, 6.45) is 1.20. The SMILES string of the molecule is Cc1cc(Cl)nc(CN2CCCN(C)CC2)n1. The van der Waals surface area contributed by atoms with E-state index < -0.39 is 0 Å². The minimum atomic E-state index is 0.541. The van der Waals surface area contributed by atoms with E-state index in [9.17, 15) is 0 Å². The van der Waals surface area contributed by atoms with Crippen LogP contribution in [0.15, 0.2) is 6.07 Å². The van der Waals surface area contributed by atoms with Crippen molar-refractivity contribution in [2.24, 2.45) is 0 Å². The molecule has 0 aromatic carbocycles. The third-order valence-electron chi connectivity index (χ3n) is 3.05. The number of hydrogen-bond donors (Lipinski definition) is 0. The van der Waals surface area contributed by atoms with Gasteiger partial charge in [0.1, 0.15) is 11.0 Å². The molecule has 0 unspecified atom stereocenters. The first-order valence-corrected chi connectivity index (χ1v) is 6.42. The number of halogens is 1. The Balaban J connectivity index is 1.99. The topological polar surface area (TPSA) is 32.3 Å². The average molecular weight is 255 g/mol. The maximum atomic E-state index is 5.95. The predicted octanol–water partition coefficient (Wildman–Crippen LogP) is 1.58. The van der Waals surface area contributed by atoms with Crippen molar-refractivity contribution < 1.29 is 0 Å². The first-order valence-electron chi connectivity index (χ1n) is 6.04. The van der Waals surface area contributed by atoms with Gasteiger partial charge < -0.3 is 4.90 Å². The molecule has 1 fully saturated rings. The molecule has 0 spiro atoms. The Labute approximate surface area is 108 Å². The molecule has 1 aliphatic rings. The summed E-state index contributed by atoms with van der Waals surface area (Å²) in [7, 11) is 2.17. The molecule has 2 rings (SSSR count). The van der Waals surface area contributed by atoms with E-state index in [1.807, 2.05) is 6.92 Å². The Bertz CT molecular complexity index is 363. The molecular weight excluding hydrogens is 236 g/mol. The van der Waals surface area contributed by atoms with Gasteiger partial charge >= 0.3 is 0 Å². The lowest BCUT2D eigenvalue weighted by Crippen LogP contribution is -2.29. The van der Waals surface area contributed by atoms with E-state index in [1.54, 1.807) is 6.07 Å². The molecule has 0 N–H and O–H groups in total. The Hall–Kier alpha value is -0.710. The molecule has 2 heterocycles. The van der Waals surface area contributed by atoms with Crippen LogP contribution in [0.5, 0.6) is 0 Å². The number of likely N-dealkylation sites (N-methyl/N-ethyl adjacent to an activating group) is 1. The van der Waals surface area contributed by atoms with Gasteiger partial charge in [-0.15, -0.1) is 0 Å². The van der Waals surface area contributed by atoms with Crippen LogP contribution in [0.25, 0.3) is 0 Å². The zero-order valence-corrected chi connectivity index (χ0v) is 11.2. The maximum absolute atomic E-state index is 5.95. The maximum Gasteiger partial charge on any atom is 0.144 e. The second-order valence-corrected chi connectivity index (χ2v) is 5.07. The molecule has 1 aromatic rings. The average Bonchev–Trinajstić information content (AvgIpc) is 2.42. The van der Waals surface area contributed by atoms with Crippen molar-refractivity contribution in [3.05, 3.63) is 22.7 Å². The zero-order valence-electron chi connectivity index (χ0n) is 10.5. The highest BCUT2D eigenvalue weighted by molar-refractivity contribution is 6.29. The van der Waals surface area contributed by atoms with E-state index >= 15 is 0 Å². The molecule has 0 atom stereocenters. The summed E-state index contributed by atoms with van der Waals surface area (Å²) in [4.78, 5) is 13.5. The number of nitrogens with zero attached hydrogens (tertiary/aromatic N) is 4. The van der Waals surface area contributed by atoms with Crippen LogP contribution in [-0.2, 0) is 6.54 Å². The second kappa shape index (κ2) is 5.76. The van der Waals surface area contributed by atoms with Crippen LogP contribution in [0.2, 0.25) is 5.15 Å². The molecule has 94 valence electrons. The van der Waals surface area contributed by atoms with Crippen LogP contribution in [0.4, 0.5) is 0 Å². The lowest BCUT2D eigenvalue weighted by Gasteiger charge is -2.19. The molecule has 0 saturated carbocycles. The molecular formula is C12H19ClN4. The van der Waals surface area contributed by atoms with Gasteiger partial charge in [-0.2, -0.15) is 0 Å². The molecule has 0 radical (unpaired) electrons. The van der Waals surface area contributed by atoms with Crippen molar-refractivity contribution in [1.82, 2.24) is 19.8 Å². The van der Waals surface area contributed by atoms with E-state index in [2.05, 4.69) is 26.8 Å². The molecule has 0 amide bonds. The highest BCUT2D eigenvalue weighted by atomic mass is 35.5. The highest BCUT2D eigenvalue weighted by Crippen LogP contribution is 2.09. The molecule has 1 saturated heterocycles. The van der Waals surface area contributed by atoms with Crippen molar-refractivity contribution >= 4 is 11.6 Å². The summed E-state index contributed by atoms with van der Waals surface area (Å²) in [6, 6.07) is 1.79. The standard InChI is InChI=1S/C12H19ClN4/c1-10-8-11(13)15-12(14-10)9-17-5-3-4-16(2)6-7-17/h8H,3-7,9H2,1-2H3. The van der Waals surface area contributed by atoms with Gasteiger partial charge in [0.05, 0.1) is 6.54 Å². The molecule has 5 heteroatoms. The van der Waals surface area contributed by atoms with Crippen LogP contribution in [0.1, 0.15) is 17.9 Å². The van der Waals surface area contributed by atoms with Crippen molar-refractivity contribution in [2.45, 2.75) is 19.9 Å². The first kappa shape index (κ1) is 12.7. The van der Waals surface area contributed by atoms with Gasteiger partial charge in [-0.1, -0.05) is 11.6 Å². The third kappa shape index (κ3) is 3.91. The van der Waals surface area contributed by atoms with Crippen LogP contribution < -0.4 is 0 Å². The second-order valence-electron chi connectivity index (χ2n) is 4.68. The monoisotopic (exact) mass is 254 g/mol. The van der Waals surface area contributed by atoms with Gasteiger partial charge in [0.2, 0.25) is 0 Å². The fraction of sp³-hybridized carbons (Fsp3) is 0.667. The Morgan fingerprint density at radius 2 is 2.06 bits per heavy atom. The van der Waals surface area contributed by atoms with Crippen molar-refractivity contribution in [2.75, 3.05) is 33.2 Å². The summed E-state index contributed by atoms with van der Waals surface area (Å²) in [5.74, 6) is 0.833. The fourth-order valence-electron chi connectivity index (χ4n) is 2.12. The summed E-state index contributed by atoms with van der Waals surface area (Å²) in [5.41, 5.74) is 0.937. The van der Waals surface area contributed by atoms with Gasteiger partial charge in [0.15, 0.2) is 0 Å².